The summed E-state index contributed by atoms with van der Waals surface area (Å²) in [5.74, 6) is -1.93. The van der Waals surface area contributed by atoms with E-state index in [0.717, 1.165) is 19.3 Å². The Bertz CT molecular complexity index is 454. The summed E-state index contributed by atoms with van der Waals surface area (Å²) in [6.07, 6.45) is 20.7. The maximum absolute atomic E-state index is 11.6. The van der Waals surface area contributed by atoms with Crippen LogP contribution in [-0.4, -0.2) is 23.7 Å². The van der Waals surface area contributed by atoms with Gasteiger partial charge in [0.2, 0.25) is 0 Å². The van der Waals surface area contributed by atoms with Crippen LogP contribution >= 0.6 is 0 Å². The summed E-state index contributed by atoms with van der Waals surface area (Å²) >= 11 is 0. The molecule has 0 atom stereocenters. The van der Waals surface area contributed by atoms with Crippen LogP contribution < -0.4 is 0 Å². The largest absolute Gasteiger partial charge is 0.478 e. The van der Waals surface area contributed by atoms with Crippen molar-refractivity contribution in [3.63, 3.8) is 0 Å². The predicted octanol–water partition coefficient (Wildman–Crippen LogP) is 6.99. The first kappa shape index (κ1) is 26.4. The number of esters is 1. The van der Waals surface area contributed by atoms with Gasteiger partial charge in [-0.3, -0.25) is 0 Å². The molecule has 0 amide bonds. The van der Waals surface area contributed by atoms with Crippen molar-refractivity contribution in [2.24, 2.45) is 0 Å². The molecule has 0 aliphatic rings. The van der Waals surface area contributed by atoms with E-state index in [1.165, 1.54) is 83.5 Å². The third-order valence-electron chi connectivity index (χ3n) is 5.10. The van der Waals surface area contributed by atoms with Gasteiger partial charge in [-0.2, -0.15) is 0 Å². The van der Waals surface area contributed by atoms with E-state index in [2.05, 4.69) is 20.1 Å². The average Bonchev–Trinajstić information content (AvgIpc) is 2.68. The van der Waals surface area contributed by atoms with E-state index in [1.54, 1.807) is 0 Å². The summed E-state index contributed by atoms with van der Waals surface area (Å²) in [6.45, 7) is 9.29. The third-order valence-corrected chi connectivity index (χ3v) is 5.10. The van der Waals surface area contributed by atoms with Gasteiger partial charge in [0.05, 0.1) is 17.8 Å². The number of aliphatic carboxylic acids is 1. The minimum atomic E-state index is -1.25. The molecule has 0 spiro atoms. The van der Waals surface area contributed by atoms with Gasteiger partial charge in [0.25, 0.3) is 0 Å². The van der Waals surface area contributed by atoms with Crippen LogP contribution in [0.4, 0.5) is 0 Å². The smallest absolute Gasteiger partial charge is 0.338 e. The van der Waals surface area contributed by atoms with Crippen molar-refractivity contribution >= 4 is 11.9 Å². The molecule has 0 aromatic rings. The Balaban J connectivity index is 3.30. The molecular weight excluding hydrogens is 352 g/mol. The maximum atomic E-state index is 11.6. The summed E-state index contributed by atoms with van der Waals surface area (Å²) in [5, 5.41) is 8.75. The highest BCUT2D eigenvalue weighted by Crippen LogP contribution is 2.14. The number of rotatable bonds is 20. The minimum absolute atomic E-state index is 0.177. The summed E-state index contributed by atoms with van der Waals surface area (Å²) in [7, 11) is 0. The van der Waals surface area contributed by atoms with Crippen molar-refractivity contribution in [3.05, 3.63) is 24.3 Å². The molecule has 0 aliphatic heterocycles. The van der Waals surface area contributed by atoms with Crippen LogP contribution in [0.1, 0.15) is 110 Å². The molecule has 162 valence electrons. The van der Waals surface area contributed by atoms with E-state index in [4.69, 9.17) is 9.84 Å². The lowest BCUT2D eigenvalue weighted by Crippen LogP contribution is -2.13. The standard InChI is InChI=1S/C24H42O4/c1-4-5-6-7-8-9-10-11-12-13-14-15-16-17-18-19-20-28-24(27)22(3)21(2)23(25)26/h2-20H2,1H3,(H,25,26). The molecule has 0 rings (SSSR count). The van der Waals surface area contributed by atoms with Crippen molar-refractivity contribution < 1.29 is 19.4 Å². The van der Waals surface area contributed by atoms with Crippen molar-refractivity contribution in [2.45, 2.75) is 110 Å². The molecule has 0 aliphatic carbocycles. The van der Waals surface area contributed by atoms with Gasteiger partial charge in [0, 0.05) is 0 Å². The summed E-state index contributed by atoms with van der Waals surface area (Å²) in [5.41, 5.74) is -0.485. The SMILES string of the molecule is C=C(C(=C)C(=O)OCCCCCCCCCCCCCCCCCC)C(=O)O. The fraction of sp³-hybridized carbons (Fsp3) is 0.750. The van der Waals surface area contributed by atoms with Crippen LogP contribution in [0, 0.1) is 0 Å². The number of unbranched alkanes of at least 4 members (excludes halogenated alkanes) is 15. The third kappa shape index (κ3) is 15.5. The van der Waals surface area contributed by atoms with Gasteiger partial charge in [-0.25, -0.2) is 9.59 Å². The Labute approximate surface area is 172 Å². The number of carbonyl (C=O) groups is 2. The van der Waals surface area contributed by atoms with Crippen molar-refractivity contribution in [2.75, 3.05) is 6.61 Å². The molecule has 0 saturated carbocycles. The highest BCUT2D eigenvalue weighted by Gasteiger charge is 2.16. The lowest BCUT2D eigenvalue weighted by Gasteiger charge is -2.07. The van der Waals surface area contributed by atoms with E-state index in [0.29, 0.717) is 6.61 Å². The van der Waals surface area contributed by atoms with Crippen LogP contribution in [0.5, 0.6) is 0 Å². The monoisotopic (exact) mass is 394 g/mol. The van der Waals surface area contributed by atoms with Crippen LogP contribution in [0.15, 0.2) is 24.3 Å². The second-order valence-corrected chi connectivity index (χ2v) is 7.70. The molecular formula is C24H42O4. The zero-order valence-corrected chi connectivity index (χ0v) is 18.1. The molecule has 0 unspecified atom stereocenters. The zero-order chi connectivity index (χ0) is 21.0. The van der Waals surface area contributed by atoms with Crippen LogP contribution in [-0.2, 0) is 14.3 Å². The molecule has 28 heavy (non-hydrogen) atoms. The number of carboxylic acid groups (broad SMARTS) is 1. The zero-order valence-electron chi connectivity index (χ0n) is 18.1. The molecule has 4 heteroatoms. The second kappa shape index (κ2) is 18.8. The van der Waals surface area contributed by atoms with E-state index >= 15 is 0 Å². The van der Waals surface area contributed by atoms with Crippen LogP contribution in [0.2, 0.25) is 0 Å². The normalized spacial score (nSPS) is 10.6. The number of ether oxygens (including phenoxy) is 1. The Kier molecular flexibility index (Phi) is 17.7. The Morgan fingerprint density at radius 1 is 0.643 bits per heavy atom. The van der Waals surface area contributed by atoms with Gasteiger partial charge in [0.1, 0.15) is 0 Å². The molecule has 0 radical (unpaired) electrons. The fourth-order valence-electron chi connectivity index (χ4n) is 3.15. The summed E-state index contributed by atoms with van der Waals surface area (Å²) in [4.78, 5) is 22.3. The summed E-state index contributed by atoms with van der Waals surface area (Å²) < 4.78 is 5.03. The first-order chi connectivity index (χ1) is 13.5. The van der Waals surface area contributed by atoms with Crippen LogP contribution in [0.3, 0.4) is 0 Å². The van der Waals surface area contributed by atoms with Gasteiger partial charge >= 0.3 is 11.9 Å². The predicted molar refractivity (Wildman–Crippen MR) is 116 cm³/mol. The number of hydrogen-bond acceptors (Lipinski definition) is 3. The number of carbonyl (C=O) groups excluding carboxylic acids is 1. The highest BCUT2D eigenvalue weighted by molar-refractivity contribution is 6.05. The molecule has 0 fully saturated rings. The molecule has 0 bridgehead atoms. The lowest BCUT2D eigenvalue weighted by atomic mass is 10.0. The van der Waals surface area contributed by atoms with E-state index < -0.39 is 11.9 Å². The molecule has 0 aromatic carbocycles. The van der Waals surface area contributed by atoms with E-state index in [9.17, 15) is 9.59 Å². The second-order valence-electron chi connectivity index (χ2n) is 7.70. The number of carboxylic acids is 1. The van der Waals surface area contributed by atoms with Gasteiger partial charge in [-0.05, 0) is 6.42 Å². The van der Waals surface area contributed by atoms with Crippen LogP contribution in [0.25, 0.3) is 0 Å². The lowest BCUT2D eigenvalue weighted by molar-refractivity contribution is -0.140. The van der Waals surface area contributed by atoms with Gasteiger partial charge in [0.15, 0.2) is 0 Å². The average molecular weight is 395 g/mol. The molecule has 1 N–H and O–H groups in total. The Hall–Kier alpha value is -1.58. The van der Waals surface area contributed by atoms with Crippen molar-refractivity contribution in [3.8, 4) is 0 Å². The van der Waals surface area contributed by atoms with Gasteiger partial charge < -0.3 is 9.84 Å². The molecule has 0 saturated heterocycles. The maximum Gasteiger partial charge on any atom is 0.338 e. The quantitative estimate of drug-likeness (QED) is 0.105. The number of hydrogen-bond donors (Lipinski definition) is 1. The summed E-state index contributed by atoms with van der Waals surface area (Å²) in [6, 6.07) is 0. The van der Waals surface area contributed by atoms with Crippen molar-refractivity contribution in [1.29, 1.82) is 0 Å². The highest BCUT2D eigenvalue weighted by atomic mass is 16.5. The molecule has 0 aromatic heterocycles. The first-order valence-corrected chi connectivity index (χ1v) is 11.3. The van der Waals surface area contributed by atoms with Crippen molar-refractivity contribution in [1.82, 2.24) is 0 Å². The molecule has 4 nitrogen and oxygen atoms in total. The Morgan fingerprint density at radius 2 is 1.00 bits per heavy atom. The fourth-order valence-corrected chi connectivity index (χ4v) is 3.15. The van der Waals surface area contributed by atoms with Gasteiger partial charge in [-0.15, -0.1) is 0 Å². The Morgan fingerprint density at radius 3 is 1.36 bits per heavy atom. The first-order valence-electron chi connectivity index (χ1n) is 11.3. The van der Waals surface area contributed by atoms with E-state index in [-0.39, 0.29) is 11.1 Å². The minimum Gasteiger partial charge on any atom is -0.478 e. The van der Waals surface area contributed by atoms with Gasteiger partial charge in [-0.1, -0.05) is 116 Å². The van der Waals surface area contributed by atoms with E-state index in [1.807, 2.05) is 0 Å². The molecule has 0 heterocycles. The topological polar surface area (TPSA) is 63.6 Å².